The topological polar surface area (TPSA) is 82.9 Å². The number of rotatable bonds is 7. The minimum Gasteiger partial charge on any atom is -0.497 e. The third kappa shape index (κ3) is 3.63. The molecule has 0 N–H and O–H groups in total. The van der Waals surface area contributed by atoms with Crippen molar-refractivity contribution in [3.63, 3.8) is 0 Å². The molecule has 1 amide bonds. The van der Waals surface area contributed by atoms with Crippen LogP contribution in [0.15, 0.2) is 48.5 Å². The number of imidazole rings is 1. The van der Waals surface area contributed by atoms with Gasteiger partial charge < -0.3 is 18.8 Å². The van der Waals surface area contributed by atoms with E-state index in [9.17, 15) is 9.59 Å². The number of aromatic nitrogens is 2. The molecule has 1 aliphatic rings. The van der Waals surface area contributed by atoms with Crippen molar-refractivity contribution in [3.8, 4) is 5.75 Å². The molecule has 2 aromatic carbocycles. The average molecular weight is 423 g/mol. The number of nitrogens with zero attached hydrogens (tertiary/aromatic N) is 3. The summed E-state index contributed by atoms with van der Waals surface area (Å²) in [4.78, 5) is 32.9. The number of hydrogen-bond acceptors (Lipinski definition) is 6. The molecule has 8 heteroatoms. The molecule has 0 fully saturated rings. The van der Waals surface area contributed by atoms with E-state index in [0.29, 0.717) is 18.3 Å². The predicted molar refractivity (Wildman–Crippen MR) is 115 cm³/mol. The Balaban J connectivity index is 1.95. The highest BCUT2D eigenvalue weighted by molar-refractivity contribution is 6.08. The largest absolute Gasteiger partial charge is 0.497 e. The maximum Gasteiger partial charge on any atom is 0.321 e. The van der Waals surface area contributed by atoms with Gasteiger partial charge in [0, 0.05) is 7.11 Å². The van der Waals surface area contributed by atoms with Crippen LogP contribution in [0.4, 0.5) is 5.95 Å². The molecule has 0 unspecified atom stereocenters. The molecule has 2 heterocycles. The van der Waals surface area contributed by atoms with Gasteiger partial charge in [0.05, 0.1) is 43.9 Å². The zero-order chi connectivity index (χ0) is 22.0. The average Bonchev–Trinajstić information content (AvgIpc) is 3.17. The number of fused-ring (bicyclic) bond motifs is 3. The minimum atomic E-state index is -1.05. The van der Waals surface area contributed by atoms with Crippen molar-refractivity contribution in [2.24, 2.45) is 5.92 Å². The van der Waals surface area contributed by atoms with Crippen molar-refractivity contribution in [1.29, 1.82) is 0 Å². The Hall–Kier alpha value is -3.39. The Morgan fingerprint density at radius 3 is 2.52 bits per heavy atom. The van der Waals surface area contributed by atoms with Crippen LogP contribution < -0.4 is 9.64 Å². The highest BCUT2D eigenvalue weighted by Gasteiger charge is 2.47. The second-order valence-electron chi connectivity index (χ2n) is 7.20. The maximum atomic E-state index is 13.6. The van der Waals surface area contributed by atoms with E-state index in [1.165, 1.54) is 4.90 Å². The van der Waals surface area contributed by atoms with E-state index in [1.807, 2.05) is 53.1 Å². The number of carbonyl (C=O) groups is 2. The lowest BCUT2D eigenvalue weighted by Gasteiger charge is -2.37. The molecular weight excluding hydrogens is 398 g/mol. The number of ether oxygens (including phenoxy) is 3. The first-order valence-electron chi connectivity index (χ1n) is 10.2. The summed E-state index contributed by atoms with van der Waals surface area (Å²) >= 11 is 0. The van der Waals surface area contributed by atoms with Crippen molar-refractivity contribution in [2.45, 2.75) is 13.0 Å². The molecule has 0 aliphatic carbocycles. The van der Waals surface area contributed by atoms with E-state index in [-0.39, 0.29) is 19.1 Å². The number of amides is 1. The van der Waals surface area contributed by atoms with Crippen LogP contribution in [0.5, 0.6) is 5.75 Å². The standard InChI is InChI=1S/C23H25N3O5/c1-4-31-22(28)19-20(15-9-11-16(30-3)12-10-15)26-18-8-6-5-7-17(18)24-23(26)25(21(19)27)13-14-29-2/h5-12,19-20H,4,13-14H2,1-3H3/t19-,20+/m0/s1. The molecule has 0 spiro atoms. The molecule has 0 saturated carbocycles. The summed E-state index contributed by atoms with van der Waals surface area (Å²) in [5.74, 6) is -0.769. The van der Waals surface area contributed by atoms with Crippen molar-refractivity contribution < 1.29 is 23.8 Å². The molecule has 1 aromatic heterocycles. The zero-order valence-corrected chi connectivity index (χ0v) is 17.8. The first-order chi connectivity index (χ1) is 15.1. The fraction of sp³-hybridized carbons (Fsp3) is 0.348. The van der Waals surface area contributed by atoms with Gasteiger partial charge in [0.15, 0.2) is 5.92 Å². The van der Waals surface area contributed by atoms with Crippen molar-refractivity contribution in [2.75, 3.05) is 38.9 Å². The molecule has 3 aromatic rings. The molecule has 31 heavy (non-hydrogen) atoms. The fourth-order valence-electron chi connectivity index (χ4n) is 4.04. The van der Waals surface area contributed by atoms with Gasteiger partial charge in [-0.25, -0.2) is 4.98 Å². The second kappa shape index (κ2) is 8.77. The maximum absolute atomic E-state index is 13.6. The summed E-state index contributed by atoms with van der Waals surface area (Å²) in [6.07, 6.45) is 0. The van der Waals surface area contributed by atoms with E-state index in [0.717, 1.165) is 16.6 Å². The number of para-hydroxylation sites is 2. The molecular formula is C23H25N3O5. The molecule has 4 rings (SSSR count). The van der Waals surface area contributed by atoms with E-state index in [1.54, 1.807) is 21.1 Å². The number of methoxy groups -OCH3 is 2. The number of carbonyl (C=O) groups excluding carboxylic acids is 2. The van der Waals surface area contributed by atoms with Crippen LogP contribution in [-0.4, -0.2) is 55.4 Å². The van der Waals surface area contributed by atoms with E-state index < -0.39 is 17.9 Å². The van der Waals surface area contributed by atoms with Gasteiger partial charge in [0.2, 0.25) is 11.9 Å². The Labute approximate surface area is 180 Å². The van der Waals surface area contributed by atoms with E-state index >= 15 is 0 Å². The summed E-state index contributed by atoms with van der Waals surface area (Å²) in [6, 6.07) is 14.4. The molecule has 2 atom stereocenters. The minimum absolute atomic E-state index is 0.188. The van der Waals surface area contributed by atoms with Gasteiger partial charge in [-0.1, -0.05) is 24.3 Å². The molecule has 162 valence electrons. The molecule has 1 aliphatic heterocycles. The Bertz CT molecular complexity index is 1090. The van der Waals surface area contributed by atoms with Crippen molar-refractivity contribution in [3.05, 3.63) is 54.1 Å². The zero-order valence-electron chi connectivity index (χ0n) is 17.8. The van der Waals surface area contributed by atoms with Gasteiger partial charge in [0.1, 0.15) is 5.75 Å². The molecule has 0 saturated heterocycles. The normalized spacial score (nSPS) is 18.2. The van der Waals surface area contributed by atoms with Gasteiger partial charge in [-0.2, -0.15) is 0 Å². The summed E-state index contributed by atoms with van der Waals surface area (Å²) in [6.45, 7) is 2.52. The molecule has 8 nitrogen and oxygen atoms in total. The number of esters is 1. The Kier molecular flexibility index (Phi) is 5.90. The number of hydrogen-bond donors (Lipinski definition) is 0. The summed E-state index contributed by atoms with van der Waals surface area (Å²) < 4.78 is 17.8. The van der Waals surface area contributed by atoms with Crippen LogP contribution >= 0.6 is 0 Å². The first-order valence-corrected chi connectivity index (χ1v) is 10.2. The smallest absolute Gasteiger partial charge is 0.321 e. The number of anilines is 1. The van der Waals surface area contributed by atoms with Crippen molar-refractivity contribution in [1.82, 2.24) is 9.55 Å². The van der Waals surface area contributed by atoms with Crippen molar-refractivity contribution >= 4 is 28.9 Å². The predicted octanol–water partition coefficient (Wildman–Crippen LogP) is 2.81. The van der Waals surface area contributed by atoms with Crippen LogP contribution in [0.25, 0.3) is 11.0 Å². The number of benzene rings is 2. The summed E-state index contributed by atoms with van der Waals surface area (Å²) in [7, 11) is 3.16. The highest BCUT2D eigenvalue weighted by atomic mass is 16.5. The third-order valence-electron chi connectivity index (χ3n) is 5.46. The SMILES string of the molecule is CCOC(=O)[C@@H]1C(=O)N(CCOC)c2nc3ccccc3n2[C@@H]1c1ccc(OC)cc1. The van der Waals surface area contributed by atoms with Crippen LogP contribution in [0.3, 0.4) is 0 Å². The van der Waals surface area contributed by atoms with Gasteiger partial charge >= 0.3 is 5.97 Å². The quantitative estimate of drug-likeness (QED) is 0.429. The lowest BCUT2D eigenvalue weighted by atomic mass is 9.89. The van der Waals surface area contributed by atoms with Gasteiger partial charge in [-0.05, 0) is 36.8 Å². The van der Waals surface area contributed by atoms with E-state index in [2.05, 4.69) is 0 Å². The Morgan fingerprint density at radius 2 is 1.84 bits per heavy atom. The van der Waals surface area contributed by atoms with Crippen LogP contribution in [0.1, 0.15) is 18.5 Å². The van der Waals surface area contributed by atoms with Crippen LogP contribution in [-0.2, 0) is 19.1 Å². The Morgan fingerprint density at radius 1 is 1.10 bits per heavy atom. The third-order valence-corrected chi connectivity index (χ3v) is 5.46. The van der Waals surface area contributed by atoms with Crippen LogP contribution in [0, 0.1) is 5.92 Å². The first kappa shape index (κ1) is 20.9. The van der Waals surface area contributed by atoms with Gasteiger partial charge in [-0.3, -0.25) is 14.5 Å². The van der Waals surface area contributed by atoms with Gasteiger partial charge in [0.25, 0.3) is 0 Å². The van der Waals surface area contributed by atoms with Crippen LogP contribution in [0.2, 0.25) is 0 Å². The van der Waals surface area contributed by atoms with Gasteiger partial charge in [-0.15, -0.1) is 0 Å². The molecule has 0 radical (unpaired) electrons. The van der Waals surface area contributed by atoms with E-state index in [4.69, 9.17) is 19.2 Å². The fourth-order valence-corrected chi connectivity index (χ4v) is 4.04. The summed E-state index contributed by atoms with van der Waals surface area (Å²) in [5.41, 5.74) is 2.38. The lowest BCUT2D eigenvalue weighted by molar-refractivity contribution is -0.153. The lowest BCUT2D eigenvalue weighted by Crippen LogP contribution is -2.51. The second-order valence-corrected chi connectivity index (χ2v) is 7.20. The monoisotopic (exact) mass is 423 g/mol. The summed E-state index contributed by atoms with van der Waals surface area (Å²) in [5, 5.41) is 0. The highest BCUT2D eigenvalue weighted by Crippen LogP contribution is 2.41. The molecule has 0 bridgehead atoms.